The van der Waals surface area contributed by atoms with E-state index in [2.05, 4.69) is 20.6 Å². The van der Waals surface area contributed by atoms with Crippen molar-refractivity contribution < 1.29 is 9.21 Å². The molecule has 1 aromatic carbocycles. The fourth-order valence-corrected chi connectivity index (χ4v) is 2.26. The second-order valence-corrected chi connectivity index (χ2v) is 5.38. The number of amides is 1. The largest absolute Gasteiger partial charge is 0.467 e. The number of nitrogens with zero attached hydrogens (tertiary/aromatic N) is 2. The summed E-state index contributed by atoms with van der Waals surface area (Å²) in [6.07, 6.45) is 3.12. The third-order valence-electron chi connectivity index (χ3n) is 3.29. The molecule has 2 N–H and O–H groups in total. The zero-order valence-corrected chi connectivity index (χ0v) is 13.5. The molecule has 3 aromatic rings. The van der Waals surface area contributed by atoms with E-state index in [1.165, 1.54) is 6.20 Å². The molecule has 0 atom stereocenters. The molecule has 2 aromatic heterocycles. The van der Waals surface area contributed by atoms with E-state index >= 15 is 0 Å². The molecule has 0 spiro atoms. The van der Waals surface area contributed by atoms with Crippen LogP contribution >= 0.6 is 11.6 Å². The van der Waals surface area contributed by atoms with Gasteiger partial charge in [-0.15, -0.1) is 0 Å². The van der Waals surface area contributed by atoms with Gasteiger partial charge in [-0.2, -0.15) is 0 Å². The van der Waals surface area contributed by atoms with Crippen molar-refractivity contribution in [3.05, 3.63) is 77.0 Å². The standard InChI is InChI=1S/C17H15ClN4O2/c18-14-6-2-1-4-12(14)10-20-16(23)15-7-8-19-17(22-15)21-11-13-5-3-9-24-13/h1-9H,10-11H2,(H,20,23)(H,19,21,22). The van der Waals surface area contributed by atoms with Crippen molar-refractivity contribution in [3.8, 4) is 0 Å². The maximum atomic E-state index is 12.2. The first kappa shape index (κ1) is 16.0. The van der Waals surface area contributed by atoms with Gasteiger partial charge in [0.1, 0.15) is 11.5 Å². The van der Waals surface area contributed by atoms with E-state index in [0.717, 1.165) is 11.3 Å². The van der Waals surface area contributed by atoms with Gasteiger partial charge in [0, 0.05) is 17.8 Å². The number of halogens is 1. The van der Waals surface area contributed by atoms with Gasteiger partial charge in [-0.05, 0) is 29.8 Å². The molecule has 0 fully saturated rings. The Morgan fingerprint density at radius 2 is 2.00 bits per heavy atom. The van der Waals surface area contributed by atoms with Gasteiger partial charge < -0.3 is 15.1 Å². The lowest BCUT2D eigenvalue weighted by atomic mass is 10.2. The molecule has 3 rings (SSSR count). The number of furan rings is 1. The molecule has 24 heavy (non-hydrogen) atoms. The summed E-state index contributed by atoms with van der Waals surface area (Å²) in [6, 6.07) is 12.6. The molecule has 1 amide bonds. The lowest BCUT2D eigenvalue weighted by molar-refractivity contribution is 0.0946. The number of rotatable bonds is 6. The van der Waals surface area contributed by atoms with Crippen LogP contribution in [0.15, 0.2) is 59.3 Å². The molecule has 0 aliphatic heterocycles. The molecular formula is C17H15ClN4O2. The lowest BCUT2D eigenvalue weighted by Crippen LogP contribution is -2.24. The van der Waals surface area contributed by atoms with Gasteiger partial charge in [0.05, 0.1) is 12.8 Å². The number of nitrogens with one attached hydrogen (secondary N) is 2. The molecule has 122 valence electrons. The quantitative estimate of drug-likeness (QED) is 0.718. The Kier molecular flexibility index (Phi) is 5.08. The SMILES string of the molecule is O=C(NCc1ccccc1Cl)c1ccnc(NCc2ccco2)n1. The van der Waals surface area contributed by atoms with E-state index < -0.39 is 0 Å². The minimum Gasteiger partial charge on any atom is -0.467 e. The predicted molar refractivity (Wildman–Crippen MR) is 90.7 cm³/mol. The summed E-state index contributed by atoms with van der Waals surface area (Å²) in [6.45, 7) is 0.773. The van der Waals surface area contributed by atoms with Crippen molar-refractivity contribution in [1.29, 1.82) is 0 Å². The van der Waals surface area contributed by atoms with E-state index in [1.807, 2.05) is 24.3 Å². The summed E-state index contributed by atoms with van der Waals surface area (Å²) >= 11 is 6.07. The van der Waals surface area contributed by atoms with Gasteiger partial charge in [0.25, 0.3) is 5.91 Å². The molecule has 0 aliphatic rings. The van der Waals surface area contributed by atoms with Crippen LogP contribution in [-0.4, -0.2) is 15.9 Å². The monoisotopic (exact) mass is 342 g/mol. The molecule has 0 saturated heterocycles. The summed E-state index contributed by atoms with van der Waals surface area (Å²) in [5.74, 6) is 0.822. The average Bonchev–Trinajstić information content (AvgIpc) is 3.13. The summed E-state index contributed by atoms with van der Waals surface area (Å²) in [7, 11) is 0. The zero-order valence-electron chi connectivity index (χ0n) is 12.7. The fourth-order valence-electron chi connectivity index (χ4n) is 2.06. The maximum Gasteiger partial charge on any atom is 0.270 e. The minimum absolute atomic E-state index is 0.277. The highest BCUT2D eigenvalue weighted by Crippen LogP contribution is 2.14. The number of benzene rings is 1. The van der Waals surface area contributed by atoms with Gasteiger partial charge in [0.15, 0.2) is 0 Å². The van der Waals surface area contributed by atoms with E-state index in [9.17, 15) is 4.79 Å². The Hall–Kier alpha value is -2.86. The Labute approximate surface area is 143 Å². The van der Waals surface area contributed by atoms with Crippen molar-refractivity contribution in [2.45, 2.75) is 13.1 Å². The summed E-state index contributed by atoms with van der Waals surface area (Å²) < 4.78 is 5.22. The van der Waals surface area contributed by atoms with Crippen molar-refractivity contribution in [2.24, 2.45) is 0 Å². The van der Waals surface area contributed by atoms with Crippen LogP contribution in [0.1, 0.15) is 21.8 Å². The Morgan fingerprint density at radius 1 is 1.12 bits per heavy atom. The number of carbonyl (C=O) groups is 1. The molecule has 2 heterocycles. The van der Waals surface area contributed by atoms with Crippen molar-refractivity contribution >= 4 is 23.5 Å². The molecule has 0 unspecified atom stereocenters. The van der Waals surface area contributed by atoms with Gasteiger partial charge in [0.2, 0.25) is 5.95 Å². The number of hydrogen-bond acceptors (Lipinski definition) is 5. The van der Waals surface area contributed by atoms with E-state index in [4.69, 9.17) is 16.0 Å². The van der Waals surface area contributed by atoms with E-state index in [-0.39, 0.29) is 11.6 Å². The second kappa shape index (κ2) is 7.61. The van der Waals surface area contributed by atoms with Crippen LogP contribution in [0, 0.1) is 0 Å². The Balaban J connectivity index is 1.60. The first-order valence-corrected chi connectivity index (χ1v) is 7.71. The first-order chi connectivity index (χ1) is 11.7. The molecule has 0 bridgehead atoms. The number of aromatic nitrogens is 2. The van der Waals surface area contributed by atoms with Crippen molar-refractivity contribution in [1.82, 2.24) is 15.3 Å². The summed E-state index contributed by atoms with van der Waals surface area (Å²) in [4.78, 5) is 20.5. The van der Waals surface area contributed by atoms with Gasteiger partial charge >= 0.3 is 0 Å². The van der Waals surface area contributed by atoms with Crippen LogP contribution in [0.3, 0.4) is 0 Å². The number of anilines is 1. The van der Waals surface area contributed by atoms with Gasteiger partial charge in [-0.1, -0.05) is 29.8 Å². The third-order valence-corrected chi connectivity index (χ3v) is 3.66. The van der Waals surface area contributed by atoms with E-state index in [0.29, 0.717) is 24.1 Å². The topological polar surface area (TPSA) is 80.0 Å². The van der Waals surface area contributed by atoms with Crippen molar-refractivity contribution in [2.75, 3.05) is 5.32 Å². The molecule has 0 saturated carbocycles. The predicted octanol–water partition coefficient (Wildman–Crippen LogP) is 3.27. The average molecular weight is 343 g/mol. The number of hydrogen-bond donors (Lipinski definition) is 2. The highest BCUT2D eigenvalue weighted by atomic mass is 35.5. The minimum atomic E-state index is -0.293. The van der Waals surface area contributed by atoms with Crippen LogP contribution in [-0.2, 0) is 13.1 Å². The summed E-state index contributed by atoms with van der Waals surface area (Å²) in [5.41, 5.74) is 1.12. The van der Waals surface area contributed by atoms with Crippen LogP contribution in [0.2, 0.25) is 5.02 Å². The van der Waals surface area contributed by atoms with Gasteiger partial charge in [-0.25, -0.2) is 9.97 Å². The highest BCUT2D eigenvalue weighted by molar-refractivity contribution is 6.31. The third kappa shape index (κ3) is 4.11. The molecule has 6 nitrogen and oxygen atoms in total. The van der Waals surface area contributed by atoms with Crippen LogP contribution in [0.5, 0.6) is 0 Å². The van der Waals surface area contributed by atoms with Crippen LogP contribution in [0.4, 0.5) is 5.95 Å². The zero-order chi connectivity index (χ0) is 16.8. The first-order valence-electron chi connectivity index (χ1n) is 7.33. The van der Waals surface area contributed by atoms with Crippen LogP contribution in [0.25, 0.3) is 0 Å². The maximum absolute atomic E-state index is 12.2. The van der Waals surface area contributed by atoms with E-state index in [1.54, 1.807) is 24.5 Å². The molecule has 0 aliphatic carbocycles. The molecule has 0 radical (unpaired) electrons. The lowest BCUT2D eigenvalue weighted by Gasteiger charge is -2.08. The highest BCUT2D eigenvalue weighted by Gasteiger charge is 2.09. The second-order valence-electron chi connectivity index (χ2n) is 4.97. The smallest absolute Gasteiger partial charge is 0.270 e. The number of carbonyl (C=O) groups excluding carboxylic acids is 1. The summed E-state index contributed by atoms with van der Waals surface area (Å²) in [5, 5.41) is 6.41. The van der Waals surface area contributed by atoms with Crippen LogP contribution < -0.4 is 10.6 Å². The normalized spacial score (nSPS) is 10.4. The molecule has 7 heteroatoms. The molecular weight excluding hydrogens is 328 g/mol. The van der Waals surface area contributed by atoms with Gasteiger partial charge in [-0.3, -0.25) is 4.79 Å². The fraction of sp³-hybridized carbons (Fsp3) is 0.118. The Bertz CT molecular complexity index is 821. The van der Waals surface area contributed by atoms with Crippen molar-refractivity contribution in [3.63, 3.8) is 0 Å². The Morgan fingerprint density at radius 3 is 2.79 bits per heavy atom.